The summed E-state index contributed by atoms with van der Waals surface area (Å²) >= 11 is 7.42. The summed E-state index contributed by atoms with van der Waals surface area (Å²) in [6.45, 7) is 3.37. The summed E-state index contributed by atoms with van der Waals surface area (Å²) in [5.74, 6) is 0. The molecule has 0 N–H and O–H groups in total. The van der Waals surface area contributed by atoms with Gasteiger partial charge in [-0.25, -0.2) is 4.98 Å². The highest BCUT2D eigenvalue weighted by Crippen LogP contribution is 2.26. The summed E-state index contributed by atoms with van der Waals surface area (Å²) in [7, 11) is 1.97. The second-order valence-electron chi connectivity index (χ2n) is 4.58. The average molecular weight is 312 g/mol. The molecule has 0 spiro atoms. The van der Waals surface area contributed by atoms with Crippen LogP contribution in [-0.4, -0.2) is 21.9 Å². The maximum Gasteiger partial charge on any atom is 0.288 e. The SMILES string of the molecule is Cc1ncsc1CN(C)Cc1ccc(Cl)c([N+](=O)[O-])c1. The first-order valence-corrected chi connectivity index (χ1v) is 7.23. The van der Waals surface area contributed by atoms with E-state index in [0.717, 1.165) is 17.8 Å². The maximum absolute atomic E-state index is 10.9. The lowest BCUT2D eigenvalue weighted by molar-refractivity contribution is -0.384. The number of nitro benzene ring substituents is 1. The predicted octanol–water partition coefficient (Wildman–Crippen LogP) is 3.65. The third-order valence-electron chi connectivity index (χ3n) is 2.92. The Labute approximate surface area is 126 Å². The largest absolute Gasteiger partial charge is 0.297 e. The van der Waals surface area contributed by atoms with Crippen LogP contribution in [0.25, 0.3) is 0 Å². The van der Waals surface area contributed by atoms with Gasteiger partial charge in [0.15, 0.2) is 0 Å². The Bertz CT molecular complexity index is 630. The van der Waals surface area contributed by atoms with Crippen molar-refractivity contribution in [2.24, 2.45) is 0 Å². The molecular formula is C13H14ClN3O2S. The molecule has 0 aliphatic carbocycles. The van der Waals surface area contributed by atoms with Crippen molar-refractivity contribution in [3.8, 4) is 0 Å². The number of halogens is 1. The number of nitro groups is 1. The lowest BCUT2D eigenvalue weighted by Gasteiger charge is -2.16. The van der Waals surface area contributed by atoms with Crippen LogP contribution >= 0.6 is 22.9 Å². The smallest absolute Gasteiger partial charge is 0.288 e. The van der Waals surface area contributed by atoms with E-state index in [1.54, 1.807) is 17.4 Å². The minimum absolute atomic E-state index is 0.0495. The van der Waals surface area contributed by atoms with E-state index >= 15 is 0 Å². The van der Waals surface area contributed by atoms with Gasteiger partial charge in [0.2, 0.25) is 0 Å². The topological polar surface area (TPSA) is 59.3 Å². The first-order chi connectivity index (χ1) is 9.47. The lowest BCUT2D eigenvalue weighted by atomic mass is 10.2. The van der Waals surface area contributed by atoms with Crippen LogP contribution in [-0.2, 0) is 13.1 Å². The van der Waals surface area contributed by atoms with Crippen molar-refractivity contribution in [1.29, 1.82) is 0 Å². The fourth-order valence-corrected chi connectivity index (χ4v) is 2.93. The van der Waals surface area contributed by atoms with Crippen LogP contribution in [0.4, 0.5) is 5.69 Å². The third kappa shape index (κ3) is 3.53. The van der Waals surface area contributed by atoms with Gasteiger partial charge in [-0.3, -0.25) is 15.0 Å². The summed E-state index contributed by atoms with van der Waals surface area (Å²) < 4.78 is 0. The maximum atomic E-state index is 10.9. The number of aromatic nitrogens is 1. The number of nitrogens with zero attached hydrogens (tertiary/aromatic N) is 3. The molecule has 0 unspecified atom stereocenters. The van der Waals surface area contributed by atoms with Gasteiger partial charge in [0.05, 0.1) is 16.1 Å². The van der Waals surface area contributed by atoms with E-state index in [2.05, 4.69) is 9.88 Å². The second-order valence-corrected chi connectivity index (χ2v) is 5.92. The van der Waals surface area contributed by atoms with Gasteiger partial charge in [0, 0.05) is 24.0 Å². The zero-order chi connectivity index (χ0) is 14.7. The fourth-order valence-electron chi connectivity index (χ4n) is 1.89. The molecule has 5 nitrogen and oxygen atoms in total. The molecule has 2 aromatic rings. The molecule has 106 valence electrons. The Morgan fingerprint density at radius 1 is 1.45 bits per heavy atom. The van der Waals surface area contributed by atoms with Crippen LogP contribution in [0.5, 0.6) is 0 Å². The molecule has 0 bridgehead atoms. The molecule has 0 aliphatic rings. The zero-order valence-electron chi connectivity index (χ0n) is 11.2. The summed E-state index contributed by atoms with van der Waals surface area (Å²) in [6, 6.07) is 4.91. The van der Waals surface area contributed by atoms with E-state index in [9.17, 15) is 10.1 Å². The minimum atomic E-state index is -0.459. The minimum Gasteiger partial charge on any atom is -0.297 e. The van der Waals surface area contributed by atoms with Crippen molar-refractivity contribution >= 4 is 28.6 Å². The monoisotopic (exact) mass is 311 g/mol. The third-order valence-corrected chi connectivity index (χ3v) is 4.16. The Morgan fingerprint density at radius 3 is 2.80 bits per heavy atom. The predicted molar refractivity (Wildman–Crippen MR) is 80.1 cm³/mol. The first-order valence-electron chi connectivity index (χ1n) is 5.97. The number of benzene rings is 1. The van der Waals surface area contributed by atoms with Gasteiger partial charge in [0.1, 0.15) is 5.02 Å². The van der Waals surface area contributed by atoms with E-state index < -0.39 is 4.92 Å². The summed E-state index contributed by atoms with van der Waals surface area (Å²) in [5, 5.41) is 11.0. The molecule has 1 aromatic carbocycles. The van der Waals surface area contributed by atoms with E-state index in [-0.39, 0.29) is 10.7 Å². The van der Waals surface area contributed by atoms with Gasteiger partial charge >= 0.3 is 0 Å². The van der Waals surface area contributed by atoms with Crippen molar-refractivity contribution in [2.45, 2.75) is 20.0 Å². The van der Waals surface area contributed by atoms with Crippen LogP contribution in [0.3, 0.4) is 0 Å². The highest BCUT2D eigenvalue weighted by Gasteiger charge is 2.14. The number of hydrogen-bond acceptors (Lipinski definition) is 5. The van der Waals surface area contributed by atoms with Gasteiger partial charge in [-0.1, -0.05) is 17.7 Å². The molecule has 7 heteroatoms. The van der Waals surface area contributed by atoms with Gasteiger partial charge in [-0.2, -0.15) is 0 Å². The summed E-state index contributed by atoms with van der Waals surface area (Å²) in [6.07, 6.45) is 0. The van der Waals surface area contributed by atoms with Crippen LogP contribution in [0.1, 0.15) is 16.1 Å². The first kappa shape index (κ1) is 14.9. The molecule has 0 saturated carbocycles. The number of aryl methyl sites for hydroxylation is 1. The highest BCUT2D eigenvalue weighted by molar-refractivity contribution is 7.09. The van der Waals surface area contributed by atoms with Crippen LogP contribution in [0.15, 0.2) is 23.7 Å². The molecule has 1 heterocycles. The van der Waals surface area contributed by atoms with Crippen molar-refractivity contribution in [1.82, 2.24) is 9.88 Å². The normalized spacial score (nSPS) is 11.0. The van der Waals surface area contributed by atoms with Gasteiger partial charge in [0.25, 0.3) is 5.69 Å². The molecular weight excluding hydrogens is 298 g/mol. The lowest BCUT2D eigenvalue weighted by Crippen LogP contribution is -2.17. The van der Waals surface area contributed by atoms with Gasteiger partial charge in [-0.15, -0.1) is 11.3 Å². The summed E-state index contributed by atoms with van der Waals surface area (Å²) in [4.78, 5) is 17.9. The van der Waals surface area contributed by atoms with Gasteiger partial charge < -0.3 is 0 Å². The molecule has 0 fully saturated rings. The van der Waals surface area contributed by atoms with E-state index in [0.29, 0.717) is 6.54 Å². The van der Waals surface area contributed by atoms with Crippen molar-refractivity contribution in [2.75, 3.05) is 7.05 Å². The molecule has 1 aromatic heterocycles. The molecule has 0 radical (unpaired) electrons. The van der Waals surface area contributed by atoms with Crippen molar-refractivity contribution in [3.05, 3.63) is 55.0 Å². The van der Waals surface area contributed by atoms with E-state index in [1.807, 2.05) is 25.5 Å². The zero-order valence-corrected chi connectivity index (χ0v) is 12.7. The number of rotatable bonds is 5. The van der Waals surface area contributed by atoms with E-state index in [1.165, 1.54) is 10.9 Å². The molecule has 0 atom stereocenters. The van der Waals surface area contributed by atoms with Crippen molar-refractivity contribution in [3.63, 3.8) is 0 Å². The van der Waals surface area contributed by atoms with Crippen LogP contribution < -0.4 is 0 Å². The highest BCUT2D eigenvalue weighted by atomic mass is 35.5. The standard InChI is InChI=1S/C13H14ClN3O2S/c1-9-13(20-8-15-9)7-16(2)6-10-3-4-11(14)12(5-10)17(18)19/h3-5,8H,6-7H2,1-2H3. The van der Waals surface area contributed by atoms with Crippen LogP contribution in [0, 0.1) is 17.0 Å². The Hall–Kier alpha value is -1.50. The number of thiazole rings is 1. The number of hydrogen-bond donors (Lipinski definition) is 0. The molecule has 0 aliphatic heterocycles. The summed E-state index contributed by atoms with van der Waals surface area (Å²) in [5.41, 5.74) is 3.67. The Morgan fingerprint density at radius 2 is 2.20 bits per heavy atom. The molecule has 0 saturated heterocycles. The quantitative estimate of drug-likeness (QED) is 0.624. The molecule has 2 rings (SSSR count). The molecule has 0 amide bonds. The van der Waals surface area contributed by atoms with Gasteiger partial charge in [-0.05, 0) is 25.6 Å². The Balaban J connectivity index is 2.08. The van der Waals surface area contributed by atoms with E-state index in [4.69, 9.17) is 11.6 Å². The molecule has 20 heavy (non-hydrogen) atoms. The Kier molecular flexibility index (Phi) is 4.69. The van der Waals surface area contributed by atoms with Crippen LogP contribution in [0.2, 0.25) is 5.02 Å². The second kappa shape index (κ2) is 6.30. The average Bonchev–Trinajstić information content (AvgIpc) is 2.77. The fraction of sp³-hybridized carbons (Fsp3) is 0.308. The van der Waals surface area contributed by atoms with Crippen molar-refractivity contribution < 1.29 is 4.92 Å².